The first-order valence-electron chi connectivity index (χ1n) is 7.49. The first-order valence-corrected chi connectivity index (χ1v) is 7.87. The summed E-state index contributed by atoms with van der Waals surface area (Å²) >= 11 is 6.05. The summed E-state index contributed by atoms with van der Waals surface area (Å²) in [6.07, 6.45) is 0.886. The largest absolute Gasteiger partial charge is 0.383 e. The number of methoxy groups -OCH3 is 1. The van der Waals surface area contributed by atoms with Crippen LogP contribution in [-0.4, -0.2) is 43.5 Å². The predicted octanol–water partition coefficient (Wildman–Crippen LogP) is 1.98. The van der Waals surface area contributed by atoms with Crippen LogP contribution >= 0.6 is 11.6 Å². The number of nitrogens with zero attached hydrogens (tertiary/aromatic N) is 1. The highest BCUT2D eigenvalue weighted by atomic mass is 35.5. The van der Waals surface area contributed by atoms with E-state index in [4.69, 9.17) is 16.3 Å². The molecule has 126 valence electrons. The van der Waals surface area contributed by atoms with Gasteiger partial charge in [-0.15, -0.1) is 0 Å². The molecule has 1 atom stereocenters. The third-order valence-electron chi connectivity index (χ3n) is 3.87. The summed E-state index contributed by atoms with van der Waals surface area (Å²) < 4.78 is 18.2. The molecule has 2 amide bonds. The molecule has 0 radical (unpaired) electrons. The van der Waals surface area contributed by atoms with Gasteiger partial charge in [0, 0.05) is 38.2 Å². The molecule has 0 bridgehead atoms. The molecular weight excluding hydrogens is 323 g/mol. The Labute approximate surface area is 139 Å². The lowest BCUT2D eigenvalue weighted by Gasteiger charge is -2.29. The molecule has 0 saturated carbocycles. The number of carbonyl (C=O) groups excluding carboxylic acids is 2. The van der Waals surface area contributed by atoms with Crippen molar-refractivity contribution < 1.29 is 18.7 Å². The first-order chi connectivity index (χ1) is 11.0. The van der Waals surface area contributed by atoms with Crippen LogP contribution in [0.3, 0.4) is 0 Å². The number of carbonyl (C=O) groups is 2. The van der Waals surface area contributed by atoms with Gasteiger partial charge in [-0.3, -0.25) is 9.59 Å². The van der Waals surface area contributed by atoms with Crippen molar-refractivity contribution in [3.63, 3.8) is 0 Å². The van der Waals surface area contributed by atoms with Crippen molar-refractivity contribution in [2.45, 2.75) is 19.4 Å². The van der Waals surface area contributed by atoms with Crippen molar-refractivity contribution in [1.82, 2.24) is 10.2 Å². The molecule has 2 rings (SSSR count). The highest BCUT2D eigenvalue weighted by molar-refractivity contribution is 6.31. The van der Waals surface area contributed by atoms with Crippen LogP contribution in [0.15, 0.2) is 18.2 Å². The minimum Gasteiger partial charge on any atom is -0.383 e. The highest BCUT2D eigenvalue weighted by Crippen LogP contribution is 2.21. The van der Waals surface area contributed by atoms with E-state index in [1.54, 1.807) is 18.1 Å². The van der Waals surface area contributed by atoms with Crippen molar-refractivity contribution in [3.05, 3.63) is 34.6 Å². The van der Waals surface area contributed by atoms with Gasteiger partial charge >= 0.3 is 0 Å². The molecule has 1 aliphatic rings. The molecule has 1 N–H and O–H groups in total. The number of hydrogen-bond acceptors (Lipinski definition) is 3. The molecule has 1 saturated heterocycles. The van der Waals surface area contributed by atoms with Gasteiger partial charge in [0.25, 0.3) is 0 Å². The van der Waals surface area contributed by atoms with Crippen LogP contribution in [0.1, 0.15) is 18.4 Å². The predicted molar refractivity (Wildman–Crippen MR) is 84.4 cm³/mol. The number of nitrogens with one attached hydrogen (secondary N) is 1. The molecule has 0 unspecified atom stereocenters. The second-order valence-electron chi connectivity index (χ2n) is 5.53. The second-order valence-corrected chi connectivity index (χ2v) is 5.94. The molecule has 1 aliphatic heterocycles. The van der Waals surface area contributed by atoms with Crippen molar-refractivity contribution in [1.29, 1.82) is 0 Å². The summed E-state index contributed by atoms with van der Waals surface area (Å²) in [7, 11) is 1.56. The maximum absolute atomic E-state index is 13.1. The molecule has 0 aliphatic carbocycles. The number of amides is 2. The molecule has 1 fully saturated rings. The van der Waals surface area contributed by atoms with Crippen molar-refractivity contribution >= 4 is 23.4 Å². The van der Waals surface area contributed by atoms with Crippen LogP contribution in [0.5, 0.6) is 0 Å². The average Bonchev–Trinajstić information content (AvgIpc) is 2.53. The summed E-state index contributed by atoms with van der Waals surface area (Å²) in [5.74, 6) is -0.742. The van der Waals surface area contributed by atoms with Gasteiger partial charge in [0.15, 0.2) is 0 Å². The van der Waals surface area contributed by atoms with E-state index in [2.05, 4.69) is 5.32 Å². The fourth-order valence-corrected chi connectivity index (χ4v) is 2.75. The van der Waals surface area contributed by atoms with Crippen molar-refractivity contribution in [3.8, 4) is 0 Å². The molecule has 23 heavy (non-hydrogen) atoms. The van der Waals surface area contributed by atoms with E-state index in [1.165, 1.54) is 12.1 Å². The van der Waals surface area contributed by atoms with Gasteiger partial charge in [-0.05, 0) is 24.1 Å². The number of ether oxygens (including phenoxy) is 1. The Bertz CT molecular complexity index is 572. The lowest BCUT2D eigenvalue weighted by Crippen LogP contribution is -2.45. The number of benzene rings is 1. The third kappa shape index (κ3) is 4.91. The van der Waals surface area contributed by atoms with Crippen LogP contribution in [0, 0.1) is 11.7 Å². The molecule has 0 spiro atoms. The molecule has 7 heteroatoms. The first kappa shape index (κ1) is 17.7. The zero-order chi connectivity index (χ0) is 16.8. The Morgan fingerprint density at radius 2 is 2.30 bits per heavy atom. The smallest absolute Gasteiger partial charge is 0.227 e. The monoisotopic (exact) mass is 342 g/mol. The van der Waals surface area contributed by atoms with Gasteiger partial charge in [0.2, 0.25) is 11.8 Å². The van der Waals surface area contributed by atoms with Crippen LogP contribution in [-0.2, 0) is 20.9 Å². The van der Waals surface area contributed by atoms with Crippen LogP contribution < -0.4 is 5.32 Å². The summed E-state index contributed by atoms with van der Waals surface area (Å²) in [5.41, 5.74) is 0.678. The highest BCUT2D eigenvalue weighted by Gasteiger charge is 2.28. The Hall–Kier alpha value is -1.66. The topological polar surface area (TPSA) is 58.6 Å². The number of halogens is 2. The van der Waals surface area contributed by atoms with Crippen molar-refractivity contribution in [2.24, 2.45) is 5.92 Å². The maximum Gasteiger partial charge on any atom is 0.227 e. The molecule has 1 aromatic rings. The lowest BCUT2D eigenvalue weighted by atomic mass is 9.97. The summed E-state index contributed by atoms with van der Waals surface area (Å²) in [4.78, 5) is 25.6. The Kier molecular flexibility index (Phi) is 6.36. The minimum absolute atomic E-state index is 0.0286. The quantitative estimate of drug-likeness (QED) is 0.860. The number of rotatable bonds is 6. The van der Waals surface area contributed by atoms with E-state index in [1.807, 2.05) is 0 Å². The van der Waals surface area contributed by atoms with E-state index in [-0.39, 0.29) is 29.3 Å². The summed E-state index contributed by atoms with van der Waals surface area (Å²) in [5, 5.41) is 3.00. The van der Waals surface area contributed by atoms with Gasteiger partial charge in [-0.2, -0.15) is 0 Å². The van der Waals surface area contributed by atoms with E-state index in [9.17, 15) is 14.0 Å². The van der Waals surface area contributed by atoms with Gasteiger partial charge < -0.3 is 15.0 Å². The summed E-state index contributed by atoms with van der Waals surface area (Å²) in [6.45, 7) is 1.43. The van der Waals surface area contributed by atoms with Crippen LogP contribution in [0.2, 0.25) is 5.02 Å². The lowest BCUT2D eigenvalue weighted by molar-refractivity contribution is -0.138. The fraction of sp³-hybridized carbons (Fsp3) is 0.500. The molecule has 5 nitrogen and oxygen atoms in total. The van der Waals surface area contributed by atoms with Gasteiger partial charge in [-0.25, -0.2) is 4.39 Å². The maximum atomic E-state index is 13.1. The van der Waals surface area contributed by atoms with Crippen LogP contribution in [0.4, 0.5) is 4.39 Å². The van der Waals surface area contributed by atoms with E-state index < -0.39 is 5.82 Å². The van der Waals surface area contributed by atoms with Gasteiger partial charge in [0.05, 0.1) is 12.5 Å². The van der Waals surface area contributed by atoms with Crippen molar-refractivity contribution in [2.75, 3.05) is 26.8 Å². The van der Waals surface area contributed by atoms with Crippen LogP contribution in [0.25, 0.3) is 0 Å². The fourth-order valence-electron chi connectivity index (χ4n) is 2.53. The number of hydrogen-bond donors (Lipinski definition) is 1. The van der Waals surface area contributed by atoms with Gasteiger partial charge in [0.1, 0.15) is 5.82 Å². The minimum atomic E-state index is -0.413. The molecule has 0 aromatic heterocycles. The average molecular weight is 343 g/mol. The normalized spacial score (nSPS) is 17.7. The van der Waals surface area contributed by atoms with E-state index >= 15 is 0 Å². The standard InChI is InChI=1S/C16H20ClFN2O3/c1-23-7-6-20(10-12-2-4-13(18)8-14(12)17)16(22)11-3-5-15(21)19-9-11/h2,4,8,11H,3,5-7,9-10H2,1H3,(H,19,21)/t11-/m0/s1. The Morgan fingerprint density at radius 1 is 1.52 bits per heavy atom. The SMILES string of the molecule is COCCN(Cc1ccc(F)cc1Cl)C(=O)[C@H]1CCC(=O)NC1. The second kappa shape index (κ2) is 8.26. The molecule has 1 heterocycles. The van der Waals surface area contributed by atoms with Gasteiger partial charge in [-0.1, -0.05) is 17.7 Å². The molecule has 1 aromatic carbocycles. The summed E-state index contributed by atoms with van der Waals surface area (Å²) in [6, 6.07) is 4.13. The zero-order valence-electron chi connectivity index (χ0n) is 13.0. The van der Waals surface area contributed by atoms with E-state index in [0.717, 1.165) is 0 Å². The Balaban J connectivity index is 2.09. The number of piperidine rings is 1. The van der Waals surface area contributed by atoms with E-state index in [0.29, 0.717) is 38.1 Å². The third-order valence-corrected chi connectivity index (χ3v) is 4.22. The Morgan fingerprint density at radius 3 is 2.91 bits per heavy atom. The molecular formula is C16H20ClFN2O3. The zero-order valence-corrected chi connectivity index (χ0v) is 13.7.